The molecule has 2 aromatic heterocycles. The number of ether oxygens (including phenoxy) is 1. The van der Waals surface area contributed by atoms with Crippen LogP contribution in [0.4, 0.5) is 0 Å². The number of phenolic OH excluding ortho intramolecular Hbond substituents is 1. The zero-order chi connectivity index (χ0) is 19.1. The molecule has 0 atom stereocenters. The Morgan fingerprint density at radius 3 is 2.93 bits per heavy atom. The van der Waals surface area contributed by atoms with Gasteiger partial charge in [0.1, 0.15) is 10.7 Å². The minimum absolute atomic E-state index is 0.0241. The summed E-state index contributed by atoms with van der Waals surface area (Å²) in [7, 11) is 1.48. The first-order valence-corrected chi connectivity index (χ1v) is 10.2. The van der Waals surface area contributed by atoms with Crippen LogP contribution in [0.5, 0.6) is 11.5 Å². The molecule has 0 unspecified atom stereocenters. The summed E-state index contributed by atoms with van der Waals surface area (Å²) in [5.74, 6) is 0.901. The number of nitrogens with zero attached hydrogens (tertiary/aromatic N) is 3. The average Bonchev–Trinajstić information content (AvgIpc) is 3.02. The van der Waals surface area contributed by atoms with E-state index in [-0.39, 0.29) is 11.3 Å². The number of halogens is 1. The van der Waals surface area contributed by atoms with Crippen molar-refractivity contribution in [3.05, 3.63) is 48.8 Å². The summed E-state index contributed by atoms with van der Waals surface area (Å²) < 4.78 is 6.99. The number of thiophene rings is 1. The van der Waals surface area contributed by atoms with Gasteiger partial charge in [0.05, 0.1) is 23.2 Å². The summed E-state index contributed by atoms with van der Waals surface area (Å²) in [5, 5.41) is 15.0. The molecule has 1 aliphatic carbocycles. The average molecular weight is 448 g/mol. The largest absolute Gasteiger partial charge is 0.503 e. The van der Waals surface area contributed by atoms with Crippen molar-refractivity contribution in [1.29, 1.82) is 0 Å². The number of methoxy groups -OCH3 is 1. The molecule has 8 heteroatoms. The predicted molar refractivity (Wildman–Crippen MR) is 111 cm³/mol. The molecule has 0 aliphatic heterocycles. The Morgan fingerprint density at radius 2 is 2.15 bits per heavy atom. The normalized spacial score (nSPS) is 14.0. The number of fused-ring (bicyclic) bond motifs is 3. The molecule has 4 rings (SSSR count). The Labute approximate surface area is 168 Å². The van der Waals surface area contributed by atoms with Gasteiger partial charge in [0.25, 0.3) is 5.56 Å². The molecule has 0 saturated carbocycles. The first kappa shape index (κ1) is 18.2. The van der Waals surface area contributed by atoms with Gasteiger partial charge in [0.2, 0.25) is 0 Å². The smallest absolute Gasteiger partial charge is 0.283 e. The van der Waals surface area contributed by atoms with E-state index in [1.807, 2.05) is 0 Å². The van der Waals surface area contributed by atoms with Gasteiger partial charge in [0.15, 0.2) is 11.5 Å². The van der Waals surface area contributed by atoms with Crippen LogP contribution in [0.15, 0.2) is 26.5 Å². The molecule has 0 spiro atoms. The lowest BCUT2D eigenvalue weighted by Crippen LogP contribution is -2.21. The van der Waals surface area contributed by atoms with Crippen molar-refractivity contribution in [3.8, 4) is 11.5 Å². The van der Waals surface area contributed by atoms with Gasteiger partial charge in [-0.1, -0.05) is 0 Å². The maximum atomic E-state index is 13.1. The van der Waals surface area contributed by atoms with Gasteiger partial charge in [-0.25, -0.2) is 4.98 Å². The number of aromatic hydroxyl groups is 1. The van der Waals surface area contributed by atoms with Crippen LogP contribution in [0.2, 0.25) is 0 Å². The van der Waals surface area contributed by atoms with Crippen molar-refractivity contribution in [2.75, 3.05) is 7.11 Å². The van der Waals surface area contributed by atoms with Gasteiger partial charge in [-0.2, -0.15) is 9.78 Å². The third kappa shape index (κ3) is 3.17. The summed E-state index contributed by atoms with van der Waals surface area (Å²) in [6, 6.07) is 3.36. The van der Waals surface area contributed by atoms with E-state index in [9.17, 15) is 9.90 Å². The Bertz CT molecular complexity index is 1130. The highest BCUT2D eigenvalue weighted by Crippen LogP contribution is 2.35. The quantitative estimate of drug-likeness (QED) is 0.615. The zero-order valence-electron chi connectivity index (χ0n) is 15.0. The lowest BCUT2D eigenvalue weighted by Gasteiger charge is -2.10. The topological polar surface area (TPSA) is 76.7 Å². The van der Waals surface area contributed by atoms with Crippen LogP contribution in [0.3, 0.4) is 0 Å². The summed E-state index contributed by atoms with van der Waals surface area (Å²) in [4.78, 5) is 19.8. The van der Waals surface area contributed by atoms with Crippen molar-refractivity contribution in [1.82, 2.24) is 9.66 Å². The van der Waals surface area contributed by atoms with Gasteiger partial charge in [-0.15, -0.1) is 11.3 Å². The first-order valence-electron chi connectivity index (χ1n) is 8.64. The van der Waals surface area contributed by atoms with Crippen molar-refractivity contribution < 1.29 is 9.84 Å². The Morgan fingerprint density at radius 1 is 1.37 bits per heavy atom. The molecule has 1 aliphatic rings. The Kier molecular flexibility index (Phi) is 4.77. The number of hydrogen-bond donors (Lipinski definition) is 1. The Hall–Kier alpha value is -2.19. The molecule has 2 heterocycles. The van der Waals surface area contributed by atoms with E-state index in [1.165, 1.54) is 23.1 Å². The van der Waals surface area contributed by atoms with Crippen LogP contribution in [0.25, 0.3) is 10.2 Å². The van der Waals surface area contributed by atoms with Crippen LogP contribution in [0, 0.1) is 6.92 Å². The fourth-order valence-corrected chi connectivity index (χ4v) is 5.14. The first-order chi connectivity index (χ1) is 13.0. The summed E-state index contributed by atoms with van der Waals surface area (Å²) in [6.45, 7) is 1.78. The second-order valence-electron chi connectivity index (χ2n) is 6.47. The molecule has 27 heavy (non-hydrogen) atoms. The standard InChI is InChI=1S/C19H18BrN3O3S/c1-10-22-18-16(12-5-3-4-6-15(12)27-18)19(25)23(10)21-9-11-7-13(20)17(24)14(8-11)26-2/h7-9,24H,3-6H2,1-2H3/b21-9+. The molecule has 0 fully saturated rings. The van der Waals surface area contributed by atoms with E-state index < -0.39 is 0 Å². The fraction of sp³-hybridized carbons (Fsp3) is 0.316. The lowest BCUT2D eigenvalue weighted by atomic mass is 9.97. The molecule has 1 N–H and O–H groups in total. The van der Waals surface area contributed by atoms with Gasteiger partial charge < -0.3 is 9.84 Å². The lowest BCUT2D eigenvalue weighted by molar-refractivity contribution is 0.372. The molecule has 140 valence electrons. The van der Waals surface area contributed by atoms with Crippen molar-refractivity contribution in [3.63, 3.8) is 0 Å². The monoisotopic (exact) mass is 447 g/mol. The van der Waals surface area contributed by atoms with Gasteiger partial charge >= 0.3 is 0 Å². The van der Waals surface area contributed by atoms with Crippen LogP contribution in [-0.2, 0) is 12.8 Å². The molecule has 0 radical (unpaired) electrons. The third-order valence-electron chi connectivity index (χ3n) is 4.72. The van der Waals surface area contributed by atoms with E-state index in [0.29, 0.717) is 27.0 Å². The maximum Gasteiger partial charge on any atom is 0.283 e. The fourth-order valence-electron chi connectivity index (χ4n) is 3.38. The number of rotatable bonds is 3. The number of aryl methyl sites for hydroxylation is 3. The molecule has 0 amide bonds. The number of hydrogen-bond acceptors (Lipinski definition) is 6. The molecule has 3 aromatic rings. The zero-order valence-corrected chi connectivity index (χ0v) is 17.4. The maximum absolute atomic E-state index is 13.1. The molecular weight excluding hydrogens is 430 g/mol. The molecule has 6 nitrogen and oxygen atoms in total. The van der Waals surface area contributed by atoms with Crippen molar-refractivity contribution in [2.24, 2.45) is 5.10 Å². The number of benzene rings is 1. The molecular formula is C19H18BrN3O3S. The van der Waals surface area contributed by atoms with Crippen LogP contribution >= 0.6 is 27.3 Å². The molecule has 1 aromatic carbocycles. The van der Waals surface area contributed by atoms with E-state index in [1.54, 1.807) is 36.6 Å². The van der Waals surface area contributed by atoms with Crippen LogP contribution in [0.1, 0.15) is 34.7 Å². The highest BCUT2D eigenvalue weighted by atomic mass is 79.9. The number of aromatic nitrogens is 2. The second-order valence-corrected chi connectivity index (χ2v) is 8.40. The summed E-state index contributed by atoms with van der Waals surface area (Å²) in [6.07, 6.45) is 5.80. The Balaban J connectivity index is 1.81. The van der Waals surface area contributed by atoms with Crippen LogP contribution in [-0.4, -0.2) is 28.1 Å². The highest BCUT2D eigenvalue weighted by Gasteiger charge is 2.21. The minimum atomic E-state index is -0.127. The van der Waals surface area contributed by atoms with Gasteiger partial charge in [0, 0.05) is 4.88 Å². The highest BCUT2D eigenvalue weighted by molar-refractivity contribution is 9.10. The van der Waals surface area contributed by atoms with E-state index in [0.717, 1.165) is 29.7 Å². The predicted octanol–water partition coefficient (Wildman–Crippen LogP) is 4.00. The van der Waals surface area contributed by atoms with Crippen molar-refractivity contribution in [2.45, 2.75) is 32.6 Å². The SMILES string of the molecule is COc1cc(/C=N/n2c(C)nc3sc4c(c3c2=O)CCCC4)cc(Br)c1O. The number of phenols is 1. The second kappa shape index (κ2) is 7.09. The third-order valence-corrected chi connectivity index (χ3v) is 6.51. The minimum Gasteiger partial charge on any atom is -0.503 e. The van der Waals surface area contributed by atoms with E-state index in [4.69, 9.17) is 4.74 Å². The van der Waals surface area contributed by atoms with Crippen LogP contribution < -0.4 is 10.3 Å². The van der Waals surface area contributed by atoms with Gasteiger partial charge in [-0.3, -0.25) is 4.79 Å². The van der Waals surface area contributed by atoms with E-state index >= 15 is 0 Å². The van der Waals surface area contributed by atoms with Gasteiger partial charge in [-0.05, 0) is 71.8 Å². The summed E-state index contributed by atoms with van der Waals surface area (Å²) in [5.41, 5.74) is 1.71. The molecule has 0 saturated heterocycles. The molecule has 0 bridgehead atoms. The van der Waals surface area contributed by atoms with Crippen molar-refractivity contribution >= 4 is 43.7 Å². The summed E-state index contributed by atoms with van der Waals surface area (Å²) >= 11 is 4.92. The van der Waals surface area contributed by atoms with E-state index in [2.05, 4.69) is 26.0 Å².